The highest BCUT2D eigenvalue weighted by atomic mass is 32.1. The molecule has 0 aliphatic heterocycles. The quantitative estimate of drug-likeness (QED) is 0.347. The molecule has 0 unspecified atom stereocenters. The third-order valence-electron chi connectivity index (χ3n) is 4.04. The first-order valence-corrected chi connectivity index (χ1v) is 10.1. The fraction of sp³-hybridized carbons (Fsp3) is 0.150. The molecule has 0 spiro atoms. The lowest BCUT2D eigenvalue weighted by Gasteiger charge is -2.08. The number of fused-ring (bicyclic) bond motifs is 1. The van der Waals surface area contributed by atoms with E-state index >= 15 is 0 Å². The Bertz CT molecular complexity index is 1180. The number of hydrogen-bond donors (Lipinski definition) is 0. The van der Waals surface area contributed by atoms with Gasteiger partial charge in [0.25, 0.3) is 0 Å². The second kappa shape index (κ2) is 7.95. The zero-order valence-electron chi connectivity index (χ0n) is 14.8. The summed E-state index contributed by atoms with van der Waals surface area (Å²) >= 11 is 3.10. The Morgan fingerprint density at radius 2 is 2.11 bits per heavy atom. The Hall–Kier alpha value is -2.97. The third kappa shape index (κ3) is 3.97. The molecule has 6 nitrogen and oxygen atoms in total. The molecule has 28 heavy (non-hydrogen) atoms. The van der Waals surface area contributed by atoms with Gasteiger partial charge < -0.3 is 13.9 Å². The van der Waals surface area contributed by atoms with Crippen LogP contribution in [0.1, 0.15) is 11.3 Å². The molecule has 4 aromatic rings. The van der Waals surface area contributed by atoms with Gasteiger partial charge in [0, 0.05) is 28.5 Å². The first-order valence-electron chi connectivity index (χ1n) is 8.37. The number of thiazole rings is 1. The van der Waals surface area contributed by atoms with Crippen LogP contribution < -0.4 is 10.4 Å². The summed E-state index contributed by atoms with van der Waals surface area (Å²) in [5.41, 5.74) is 1.13. The van der Waals surface area contributed by atoms with Crippen LogP contribution in [0.4, 0.5) is 0 Å². The van der Waals surface area contributed by atoms with Crippen molar-refractivity contribution in [2.45, 2.75) is 13.0 Å². The van der Waals surface area contributed by atoms with Crippen LogP contribution in [-0.2, 0) is 22.6 Å². The molecular formula is C20H15NO5S2. The average Bonchev–Trinajstić information content (AvgIpc) is 3.37. The number of ether oxygens (including phenoxy) is 2. The van der Waals surface area contributed by atoms with Gasteiger partial charge in [-0.2, -0.15) is 0 Å². The van der Waals surface area contributed by atoms with Crippen LogP contribution in [0.2, 0.25) is 0 Å². The maximum absolute atomic E-state index is 12.2. The van der Waals surface area contributed by atoms with Crippen LogP contribution in [0, 0.1) is 0 Å². The van der Waals surface area contributed by atoms with Crippen molar-refractivity contribution in [1.82, 2.24) is 4.98 Å². The van der Waals surface area contributed by atoms with Gasteiger partial charge in [0.2, 0.25) is 0 Å². The number of carbonyl (C=O) groups excluding carboxylic acids is 1. The van der Waals surface area contributed by atoms with E-state index in [1.807, 2.05) is 22.9 Å². The van der Waals surface area contributed by atoms with E-state index in [9.17, 15) is 9.59 Å². The van der Waals surface area contributed by atoms with Crippen molar-refractivity contribution in [2.75, 3.05) is 7.11 Å². The van der Waals surface area contributed by atoms with E-state index in [0.717, 1.165) is 9.88 Å². The highest BCUT2D eigenvalue weighted by Crippen LogP contribution is 2.28. The molecule has 0 saturated carbocycles. The molecule has 0 saturated heterocycles. The van der Waals surface area contributed by atoms with Gasteiger partial charge in [-0.15, -0.1) is 22.7 Å². The van der Waals surface area contributed by atoms with Gasteiger partial charge in [-0.3, -0.25) is 4.79 Å². The van der Waals surface area contributed by atoms with Crippen LogP contribution >= 0.6 is 22.7 Å². The van der Waals surface area contributed by atoms with Crippen molar-refractivity contribution < 1.29 is 18.7 Å². The van der Waals surface area contributed by atoms with Gasteiger partial charge >= 0.3 is 11.6 Å². The first-order chi connectivity index (χ1) is 13.6. The lowest BCUT2D eigenvalue weighted by molar-refractivity contribution is -0.144. The molecule has 0 fully saturated rings. The standard InChI is InChI=1S/C20H15NO5S2/c1-24-14-4-5-15-12(7-19(23)26-16(15)9-14)10-25-18(22)8-13-11-28-20(21-13)17-3-2-6-27-17/h2-7,9,11H,8,10H2,1H3. The topological polar surface area (TPSA) is 78.6 Å². The van der Waals surface area contributed by atoms with Crippen molar-refractivity contribution >= 4 is 39.6 Å². The van der Waals surface area contributed by atoms with E-state index in [-0.39, 0.29) is 13.0 Å². The van der Waals surface area contributed by atoms with Crippen molar-refractivity contribution in [3.05, 3.63) is 68.8 Å². The maximum Gasteiger partial charge on any atom is 0.336 e. The van der Waals surface area contributed by atoms with Crippen molar-refractivity contribution in [3.8, 4) is 15.6 Å². The lowest BCUT2D eigenvalue weighted by Crippen LogP contribution is -2.10. The van der Waals surface area contributed by atoms with Gasteiger partial charge in [-0.25, -0.2) is 9.78 Å². The number of hydrogen-bond acceptors (Lipinski definition) is 8. The minimum absolute atomic E-state index is 0.0187. The molecular weight excluding hydrogens is 398 g/mol. The number of esters is 1. The van der Waals surface area contributed by atoms with Crippen LogP contribution in [0.15, 0.2) is 56.4 Å². The van der Waals surface area contributed by atoms with Gasteiger partial charge in [-0.1, -0.05) is 6.07 Å². The largest absolute Gasteiger partial charge is 0.497 e. The van der Waals surface area contributed by atoms with Gasteiger partial charge in [0.05, 0.1) is 24.1 Å². The molecule has 1 aromatic carbocycles. The Morgan fingerprint density at radius 1 is 1.21 bits per heavy atom. The summed E-state index contributed by atoms with van der Waals surface area (Å²) in [6.07, 6.45) is 0.0784. The van der Waals surface area contributed by atoms with Crippen LogP contribution in [0.5, 0.6) is 5.75 Å². The van der Waals surface area contributed by atoms with E-state index in [0.29, 0.717) is 28.0 Å². The molecule has 3 aromatic heterocycles. The Labute approximate surface area is 168 Å². The first kappa shape index (κ1) is 18.4. The summed E-state index contributed by atoms with van der Waals surface area (Å²) in [4.78, 5) is 29.6. The Balaban J connectivity index is 1.46. The van der Waals surface area contributed by atoms with Crippen LogP contribution in [0.3, 0.4) is 0 Å². The SMILES string of the molecule is COc1ccc2c(COC(=O)Cc3csc(-c4cccs4)n3)cc(=O)oc2c1. The Kier molecular flexibility index (Phi) is 5.23. The molecule has 4 rings (SSSR count). The van der Waals surface area contributed by atoms with E-state index in [1.54, 1.807) is 29.5 Å². The molecule has 3 heterocycles. The van der Waals surface area contributed by atoms with E-state index < -0.39 is 11.6 Å². The number of methoxy groups -OCH3 is 1. The fourth-order valence-corrected chi connectivity index (χ4v) is 4.35. The Morgan fingerprint density at radius 3 is 2.89 bits per heavy atom. The molecule has 0 atom stereocenters. The molecule has 8 heteroatoms. The van der Waals surface area contributed by atoms with Crippen molar-refractivity contribution in [1.29, 1.82) is 0 Å². The maximum atomic E-state index is 12.2. The third-order valence-corrected chi connectivity index (χ3v) is 5.97. The summed E-state index contributed by atoms with van der Waals surface area (Å²) in [6, 6.07) is 10.4. The van der Waals surface area contributed by atoms with Gasteiger partial charge in [-0.05, 0) is 23.6 Å². The van der Waals surface area contributed by atoms with E-state index in [1.165, 1.54) is 24.5 Å². The average molecular weight is 413 g/mol. The lowest BCUT2D eigenvalue weighted by atomic mass is 10.1. The second-order valence-electron chi connectivity index (χ2n) is 5.91. The smallest absolute Gasteiger partial charge is 0.336 e. The molecule has 0 radical (unpaired) electrons. The number of thiophene rings is 1. The summed E-state index contributed by atoms with van der Waals surface area (Å²) in [6.45, 7) is -0.0187. The fourth-order valence-electron chi connectivity index (χ4n) is 2.72. The summed E-state index contributed by atoms with van der Waals surface area (Å²) in [7, 11) is 1.53. The monoisotopic (exact) mass is 413 g/mol. The van der Waals surface area contributed by atoms with Crippen LogP contribution in [0.25, 0.3) is 20.9 Å². The predicted molar refractivity (Wildman–Crippen MR) is 108 cm³/mol. The zero-order chi connectivity index (χ0) is 19.5. The number of aromatic nitrogens is 1. The van der Waals surface area contributed by atoms with E-state index in [2.05, 4.69) is 4.98 Å². The second-order valence-corrected chi connectivity index (χ2v) is 7.72. The molecule has 0 N–H and O–H groups in total. The summed E-state index contributed by atoms with van der Waals surface area (Å²) in [5, 5.41) is 5.43. The predicted octanol–water partition coefficient (Wildman–Crippen LogP) is 4.27. The highest BCUT2D eigenvalue weighted by molar-refractivity contribution is 7.20. The van der Waals surface area contributed by atoms with Gasteiger partial charge in [0.15, 0.2) is 0 Å². The molecule has 0 bridgehead atoms. The van der Waals surface area contributed by atoms with E-state index in [4.69, 9.17) is 13.9 Å². The molecule has 0 amide bonds. The molecule has 142 valence electrons. The van der Waals surface area contributed by atoms with Crippen molar-refractivity contribution in [3.63, 3.8) is 0 Å². The summed E-state index contributed by atoms with van der Waals surface area (Å²) < 4.78 is 15.7. The normalized spacial score (nSPS) is 10.9. The number of benzene rings is 1. The summed E-state index contributed by atoms with van der Waals surface area (Å²) in [5.74, 6) is 0.174. The number of rotatable bonds is 6. The highest BCUT2D eigenvalue weighted by Gasteiger charge is 2.13. The molecule has 0 aliphatic carbocycles. The number of nitrogens with zero attached hydrogens (tertiary/aromatic N) is 1. The minimum Gasteiger partial charge on any atom is -0.497 e. The number of carbonyl (C=O) groups is 1. The minimum atomic E-state index is -0.508. The molecule has 0 aliphatic rings. The zero-order valence-corrected chi connectivity index (χ0v) is 16.5. The van der Waals surface area contributed by atoms with Gasteiger partial charge in [0.1, 0.15) is 22.9 Å². The van der Waals surface area contributed by atoms with Crippen molar-refractivity contribution in [2.24, 2.45) is 0 Å². The van der Waals surface area contributed by atoms with Crippen LogP contribution in [-0.4, -0.2) is 18.1 Å².